The number of fused-ring (bicyclic) bond motifs is 1. The van der Waals surface area contributed by atoms with Crippen LogP contribution in [0.4, 0.5) is 0 Å². The number of para-hydroxylation sites is 1. The van der Waals surface area contributed by atoms with E-state index in [9.17, 15) is 9.59 Å². The van der Waals surface area contributed by atoms with Crippen LogP contribution in [0.1, 0.15) is 23.0 Å². The van der Waals surface area contributed by atoms with Crippen LogP contribution < -0.4 is 20.3 Å². The summed E-state index contributed by atoms with van der Waals surface area (Å²) >= 11 is 0. The highest BCUT2D eigenvalue weighted by molar-refractivity contribution is 6.04. The summed E-state index contributed by atoms with van der Waals surface area (Å²) < 4.78 is 12.1. The fourth-order valence-electron chi connectivity index (χ4n) is 3.49. The molecule has 4 aromatic rings. The Hall–Kier alpha value is -4.13. The van der Waals surface area contributed by atoms with Crippen LogP contribution >= 0.6 is 0 Å². The fraction of sp³-hybridized carbons (Fsp3) is 0.160. The van der Waals surface area contributed by atoms with E-state index in [0.717, 1.165) is 5.56 Å². The number of rotatable bonds is 7. The molecule has 1 amide bonds. The van der Waals surface area contributed by atoms with Crippen molar-refractivity contribution in [2.45, 2.75) is 13.5 Å². The van der Waals surface area contributed by atoms with Crippen LogP contribution in [-0.2, 0) is 6.54 Å². The second-order valence-electron chi connectivity index (χ2n) is 7.03. The summed E-state index contributed by atoms with van der Waals surface area (Å²) in [5.74, 6) is 0.997. The Labute approximate surface area is 185 Å². The minimum atomic E-state index is -0.383. The fourth-order valence-corrected chi connectivity index (χ4v) is 3.49. The molecule has 0 unspecified atom stereocenters. The number of amides is 1. The van der Waals surface area contributed by atoms with Crippen LogP contribution in [0.25, 0.3) is 16.5 Å². The maximum atomic E-state index is 13.1. The van der Waals surface area contributed by atoms with Crippen LogP contribution in [0.5, 0.6) is 11.5 Å². The van der Waals surface area contributed by atoms with Gasteiger partial charge < -0.3 is 14.8 Å². The molecular formula is C25H23N3O4. The normalized spacial score (nSPS) is 10.7. The Morgan fingerprint density at radius 3 is 2.38 bits per heavy atom. The van der Waals surface area contributed by atoms with E-state index < -0.39 is 0 Å². The van der Waals surface area contributed by atoms with E-state index >= 15 is 0 Å². The Kier molecular flexibility index (Phi) is 6.17. The third kappa shape index (κ3) is 4.18. The van der Waals surface area contributed by atoms with Gasteiger partial charge in [0, 0.05) is 17.5 Å². The van der Waals surface area contributed by atoms with E-state index in [1.807, 2.05) is 31.2 Å². The molecule has 32 heavy (non-hydrogen) atoms. The Morgan fingerprint density at radius 2 is 1.66 bits per heavy atom. The van der Waals surface area contributed by atoms with Crippen molar-refractivity contribution in [2.24, 2.45) is 0 Å². The predicted octanol–water partition coefficient (Wildman–Crippen LogP) is 3.72. The lowest BCUT2D eigenvalue weighted by Crippen LogP contribution is -2.29. The number of ether oxygens (including phenoxy) is 2. The predicted molar refractivity (Wildman–Crippen MR) is 123 cm³/mol. The summed E-state index contributed by atoms with van der Waals surface area (Å²) in [6.45, 7) is 2.71. The first-order chi connectivity index (χ1) is 15.6. The zero-order valence-corrected chi connectivity index (χ0v) is 17.9. The molecule has 7 nitrogen and oxygen atoms in total. The Bertz CT molecular complexity index is 1310. The number of nitrogens with zero attached hydrogens (tertiary/aromatic N) is 2. The highest BCUT2D eigenvalue weighted by Crippen LogP contribution is 2.19. The van der Waals surface area contributed by atoms with Crippen molar-refractivity contribution in [1.82, 2.24) is 15.1 Å². The Morgan fingerprint density at radius 1 is 0.969 bits per heavy atom. The minimum absolute atomic E-state index is 0.170. The molecule has 0 radical (unpaired) electrons. The maximum Gasteiger partial charge on any atom is 0.279 e. The molecular weight excluding hydrogens is 406 g/mol. The van der Waals surface area contributed by atoms with Crippen LogP contribution in [0.2, 0.25) is 0 Å². The number of carbonyl (C=O) groups excluding carboxylic acids is 1. The van der Waals surface area contributed by atoms with Gasteiger partial charge in [0.25, 0.3) is 11.5 Å². The van der Waals surface area contributed by atoms with Crippen molar-refractivity contribution in [3.8, 4) is 17.2 Å². The van der Waals surface area contributed by atoms with Crippen LogP contribution in [-0.4, -0.2) is 29.4 Å². The maximum absolute atomic E-state index is 13.1. The van der Waals surface area contributed by atoms with Gasteiger partial charge in [-0.2, -0.15) is 9.78 Å². The molecule has 162 valence electrons. The lowest BCUT2D eigenvalue weighted by Gasteiger charge is -2.13. The number of nitrogens with one attached hydrogen (secondary N) is 1. The standard InChI is InChI=1S/C25H23N3O4/c1-3-32-19-14-12-18(13-15-19)28-25(30)21-10-6-5-9-20(21)23(27-28)24(29)26-16-17-8-4-7-11-22(17)31-2/h4-15H,3,16H2,1-2H3,(H,26,29). The molecule has 0 fully saturated rings. The summed E-state index contributed by atoms with van der Waals surface area (Å²) in [7, 11) is 1.59. The second kappa shape index (κ2) is 9.34. The molecule has 0 saturated heterocycles. The van der Waals surface area contributed by atoms with Gasteiger partial charge in [-0.05, 0) is 43.3 Å². The van der Waals surface area contributed by atoms with Crippen molar-refractivity contribution in [2.75, 3.05) is 13.7 Å². The molecule has 1 N–H and O–H groups in total. The monoisotopic (exact) mass is 429 g/mol. The van der Waals surface area contributed by atoms with Gasteiger partial charge in [-0.3, -0.25) is 9.59 Å². The van der Waals surface area contributed by atoms with E-state index in [1.165, 1.54) is 4.68 Å². The van der Waals surface area contributed by atoms with Crippen molar-refractivity contribution in [3.05, 3.63) is 94.4 Å². The first kappa shape index (κ1) is 21.1. The van der Waals surface area contributed by atoms with E-state index in [-0.39, 0.29) is 23.7 Å². The summed E-state index contributed by atoms with van der Waals surface area (Å²) in [4.78, 5) is 26.2. The number of methoxy groups -OCH3 is 1. The van der Waals surface area contributed by atoms with E-state index in [0.29, 0.717) is 34.6 Å². The number of hydrogen-bond donors (Lipinski definition) is 1. The topological polar surface area (TPSA) is 82.5 Å². The van der Waals surface area contributed by atoms with Gasteiger partial charge in [-0.15, -0.1) is 0 Å². The smallest absolute Gasteiger partial charge is 0.279 e. The molecule has 0 atom stereocenters. The number of aromatic nitrogens is 2. The van der Waals surface area contributed by atoms with Gasteiger partial charge in [0.15, 0.2) is 5.69 Å². The van der Waals surface area contributed by atoms with Crippen LogP contribution in [0.15, 0.2) is 77.6 Å². The first-order valence-electron chi connectivity index (χ1n) is 10.3. The molecule has 0 aliphatic carbocycles. The zero-order chi connectivity index (χ0) is 22.5. The number of benzene rings is 3. The third-order valence-corrected chi connectivity index (χ3v) is 5.04. The first-order valence-corrected chi connectivity index (χ1v) is 10.3. The molecule has 1 heterocycles. The molecule has 0 aliphatic rings. The molecule has 0 aliphatic heterocycles. The lowest BCUT2D eigenvalue weighted by atomic mass is 10.1. The SMILES string of the molecule is CCOc1ccc(-n2nc(C(=O)NCc3ccccc3OC)c3ccccc3c2=O)cc1. The summed E-state index contributed by atoms with van der Waals surface area (Å²) in [6, 6.07) is 21.4. The van der Waals surface area contributed by atoms with E-state index in [1.54, 1.807) is 55.6 Å². The quantitative estimate of drug-likeness (QED) is 0.484. The van der Waals surface area contributed by atoms with Gasteiger partial charge in [-0.25, -0.2) is 0 Å². The summed E-state index contributed by atoms with van der Waals surface area (Å²) in [5, 5.41) is 8.22. The van der Waals surface area contributed by atoms with Gasteiger partial charge in [-0.1, -0.05) is 36.4 Å². The highest BCUT2D eigenvalue weighted by atomic mass is 16.5. The van der Waals surface area contributed by atoms with Crippen molar-refractivity contribution in [1.29, 1.82) is 0 Å². The van der Waals surface area contributed by atoms with Crippen molar-refractivity contribution in [3.63, 3.8) is 0 Å². The Balaban J connectivity index is 1.73. The van der Waals surface area contributed by atoms with Crippen LogP contribution in [0.3, 0.4) is 0 Å². The summed E-state index contributed by atoms with van der Waals surface area (Å²) in [5.41, 5.74) is 1.26. The largest absolute Gasteiger partial charge is 0.496 e. The molecule has 7 heteroatoms. The zero-order valence-electron chi connectivity index (χ0n) is 17.9. The van der Waals surface area contributed by atoms with Crippen molar-refractivity contribution < 1.29 is 14.3 Å². The van der Waals surface area contributed by atoms with E-state index in [4.69, 9.17) is 9.47 Å². The molecule has 4 rings (SSSR count). The minimum Gasteiger partial charge on any atom is -0.496 e. The molecule has 0 saturated carbocycles. The molecule has 1 aromatic heterocycles. The summed E-state index contributed by atoms with van der Waals surface area (Å²) in [6.07, 6.45) is 0. The van der Waals surface area contributed by atoms with Gasteiger partial charge >= 0.3 is 0 Å². The molecule has 0 bridgehead atoms. The van der Waals surface area contributed by atoms with Crippen molar-refractivity contribution >= 4 is 16.7 Å². The average molecular weight is 429 g/mol. The lowest BCUT2D eigenvalue weighted by molar-refractivity contribution is 0.0946. The van der Waals surface area contributed by atoms with Gasteiger partial charge in [0.2, 0.25) is 0 Å². The van der Waals surface area contributed by atoms with Crippen LogP contribution in [0, 0.1) is 0 Å². The molecule has 0 spiro atoms. The average Bonchev–Trinajstić information content (AvgIpc) is 2.84. The third-order valence-electron chi connectivity index (χ3n) is 5.04. The highest BCUT2D eigenvalue weighted by Gasteiger charge is 2.18. The van der Waals surface area contributed by atoms with E-state index in [2.05, 4.69) is 10.4 Å². The molecule has 3 aromatic carbocycles. The number of carbonyl (C=O) groups is 1. The second-order valence-corrected chi connectivity index (χ2v) is 7.03. The number of hydrogen-bond acceptors (Lipinski definition) is 5. The van der Waals surface area contributed by atoms with Gasteiger partial charge in [0.1, 0.15) is 11.5 Å². The van der Waals surface area contributed by atoms with Gasteiger partial charge in [0.05, 0.1) is 24.8 Å².